The topological polar surface area (TPSA) is 130 Å². The van der Waals surface area contributed by atoms with Crippen molar-refractivity contribution in [2.24, 2.45) is 5.92 Å². The van der Waals surface area contributed by atoms with E-state index in [1.807, 2.05) is 0 Å². The molecule has 3 rings (SSSR count). The molecule has 0 unspecified atom stereocenters. The fourth-order valence-corrected chi connectivity index (χ4v) is 2.85. The maximum absolute atomic E-state index is 12.6. The second kappa shape index (κ2) is 8.74. The number of non-ortho nitro benzene ring substituents is 1. The van der Waals surface area contributed by atoms with Crippen LogP contribution in [0.1, 0.15) is 35.5 Å². The number of fused-ring (bicyclic) bond motifs is 1. The highest BCUT2D eigenvalue weighted by molar-refractivity contribution is 5.94. The Morgan fingerprint density at radius 3 is 2.79 bits per heavy atom. The van der Waals surface area contributed by atoms with E-state index in [9.17, 15) is 19.7 Å². The van der Waals surface area contributed by atoms with Gasteiger partial charge in [0.2, 0.25) is 0 Å². The second-order valence-corrected chi connectivity index (χ2v) is 6.74. The summed E-state index contributed by atoms with van der Waals surface area (Å²) in [4.78, 5) is 35.4. The van der Waals surface area contributed by atoms with Gasteiger partial charge in [-0.25, -0.2) is 4.79 Å². The fraction of sp³-hybridized carbons (Fsp3) is 0.368. The van der Waals surface area contributed by atoms with Crippen LogP contribution in [-0.2, 0) is 27.5 Å². The highest BCUT2D eigenvalue weighted by atomic mass is 16.7. The Morgan fingerprint density at radius 2 is 2.14 bits per heavy atom. The van der Waals surface area contributed by atoms with Crippen LogP contribution < -0.4 is 10.1 Å². The number of carbonyl (C=O) groups is 2. The number of nitro benzene ring substituents is 1. The van der Waals surface area contributed by atoms with E-state index in [0.717, 1.165) is 0 Å². The van der Waals surface area contributed by atoms with Gasteiger partial charge < -0.3 is 23.9 Å². The van der Waals surface area contributed by atoms with E-state index in [0.29, 0.717) is 16.9 Å². The molecule has 0 saturated carbocycles. The van der Waals surface area contributed by atoms with Crippen LogP contribution in [0.5, 0.6) is 5.75 Å². The maximum atomic E-state index is 12.6. The van der Waals surface area contributed by atoms with Crippen molar-refractivity contribution >= 4 is 17.6 Å². The zero-order valence-corrected chi connectivity index (χ0v) is 15.9. The van der Waals surface area contributed by atoms with Crippen molar-refractivity contribution < 1.29 is 33.1 Å². The summed E-state index contributed by atoms with van der Waals surface area (Å²) in [7, 11) is 0. The van der Waals surface area contributed by atoms with E-state index in [4.69, 9.17) is 18.6 Å². The van der Waals surface area contributed by atoms with E-state index in [1.165, 1.54) is 24.5 Å². The van der Waals surface area contributed by atoms with Crippen molar-refractivity contribution in [1.82, 2.24) is 5.32 Å². The minimum Gasteiger partial charge on any atom is -0.467 e. The number of rotatable bonds is 7. The van der Waals surface area contributed by atoms with Crippen LogP contribution in [0.2, 0.25) is 0 Å². The Labute approximate surface area is 165 Å². The molecule has 10 nitrogen and oxygen atoms in total. The van der Waals surface area contributed by atoms with E-state index < -0.39 is 22.8 Å². The number of amides is 1. The molecular formula is C19H20N2O8. The van der Waals surface area contributed by atoms with Gasteiger partial charge in [-0.15, -0.1) is 0 Å². The third-order valence-corrected chi connectivity index (χ3v) is 4.30. The molecule has 2 aromatic rings. The average Bonchev–Trinajstić information content (AvgIpc) is 3.24. The van der Waals surface area contributed by atoms with Gasteiger partial charge in [-0.05, 0) is 18.1 Å². The number of ether oxygens (including phenoxy) is 3. The van der Waals surface area contributed by atoms with Crippen molar-refractivity contribution in [3.05, 3.63) is 57.5 Å². The summed E-state index contributed by atoms with van der Waals surface area (Å²) in [5, 5.41) is 13.7. The van der Waals surface area contributed by atoms with Crippen LogP contribution in [-0.4, -0.2) is 29.6 Å². The highest BCUT2D eigenvalue weighted by Gasteiger charge is 2.28. The summed E-state index contributed by atoms with van der Waals surface area (Å²) in [6, 6.07) is 4.77. The molecule has 10 heteroatoms. The minimum absolute atomic E-state index is 0.000416. The zero-order chi connectivity index (χ0) is 21.0. The predicted molar refractivity (Wildman–Crippen MR) is 98.0 cm³/mol. The Bertz CT molecular complexity index is 907. The molecule has 1 atom stereocenters. The molecule has 0 bridgehead atoms. The molecule has 1 aliphatic heterocycles. The van der Waals surface area contributed by atoms with Crippen molar-refractivity contribution in [2.45, 2.75) is 33.1 Å². The first kappa shape index (κ1) is 20.3. The Balaban J connectivity index is 1.73. The number of hydrogen-bond donors (Lipinski definition) is 1. The van der Waals surface area contributed by atoms with Crippen LogP contribution in [0, 0.1) is 16.0 Å². The van der Waals surface area contributed by atoms with Crippen molar-refractivity contribution in [2.75, 3.05) is 6.79 Å². The Morgan fingerprint density at radius 1 is 1.34 bits per heavy atom. The number of esters is 1. The third-order valence-electron chi connectivity index (χ3n) is 4.30. The van der Waals surface area contributed by atoms with Crippen LogP contribution >= 0.6 is 0 Å². The number of nitro groups is 1. The molecule has 0 saturated heterocycles. The SMILES string of the molecule is CC(C)[C@@H](NC(=O)c1ccco1)C(=O)OCc1cc([N+](=O)[O-])cc2c1OCOC2. The Kier molecular flexibility index (Phi) is 6.13. The summed E-state index contributed by atoms with van der Waals surface area (Å²) < 4.78 is 20.9. The number of nitrogens with one attached hydrogen (secondary N) is 1. The summed E-state index contributed by atoms with van der Waals surface area (Å²) in [6.07, 6.45) is 1.35. The van der Waals surface area contributed by atoms with Crippen LogP contribution in [0.3, 0.4) is 0 Å². The second-order valence-electron chi connectivity index (χ2n) is 6.74. The number of furan rings is 1. The van der Waals surface area contributed by atoms with Crippen molar-refractivity contribution in [3.8, 4) is 5.75 Å². The smallest absolute Gasteiger partial charge is 0.329 e. The summed E-state index contributed by atoms with van der Waals surface area (Å²) >= 11 is 0. The summed E-state index contributed by atoms with van der Waals surface area (Å²) in [5.41, 5.74) is 0.698. The molecule has 0 spiro atoms. The van der Waals surface area contributed by atoms with E-state index in [-0.39, 0.29) is 37.4 Å². The van der Waals surface area contributed by atoms with Gasteiger partial charge in [0.05, 0.1) is 17.8 Å². The van der Waals surface area contributed by atoms with Crippen LogP contribution in [0.25, 0.3) is 0 Å². The standard InChI is InChI=1S/C19H20N2O8/c1-11(2)16(20-18(22)15-4-3-5-27-15)19(23)28-9-13-7-14(21(24)25)6-12-8-26-10-29-17(12)13/h3-7,11,16H,8-10H2,1-2H3,(H,20,22)/t16-/m1/s1. The molecule has 1 aromatic carbocycles. The van der Waals surface area contributed by atoms with Gasteiger partial charge in [-0.3, -0.25) is 14.9 Å². The van der Waals surface area contributed by atoms with Crippen LogP contribution in [0.15, 0.2) is 34.9 Å². The normalized spacial score (nSPS) is 13.9. The monoisotopic (exact) mass is 404 g/mol. The Hall–Kier alpha value is -3.40. The van der Waals surface area contributed by atoms with Crippen LogP contribution in [0.4, 0.5) is 5.69 Å². The molecule has 154 valence electrons. The number of benzene rings is 1. The zero-order valence-electron chi connectivity index (χ0n) is 15.9. The molecule has 1 amide bonds. The third kappa shape index (κ3) is 4.72. The predicted octanol–water partition coefficient (Wildman–Crippen LogP) is 2.55. The lowest BCUT2D eigenvalue weighted by Crippen LogP contribution is -2.45. The van der Waals surface area contributed by atoms with Gasteiger partial charge in [0, 0.05) is 23.3 Å². The molecule has 1 N–H and O–H groups in total. The highest BCUT2D eigenvalue weighted by Crippen LogP contribution is 2.33. The van der Waals surface area contributed by atoms with Gasteiger partial charge in [0.15, 0.2) is 12.6 Å². The van der Waals surface area contributed by atoms with Gasteiger partial charge in [-0.2, -0.15) is 0 Å². The minimum atomic E-state index is -0.925. The van der Waals surface area contributed by atoms with Crippen molar-refractivity contribution in [3.63, 3.8) is 0 Å². The molecule has 1 aromatic heterocycles. The van der Waals surface area contributed by atoms with E-state index in [2.05, 4.69) is 5.32 Å². The molecule has 29 heavy (non-hydrogen) atoms. The lowest BCUT2D eigenvalue weighted by atomic mass is 10.0. The maximum Gasteiger partial charge on any atom is 0.329 e. The number of hydrogen-bond acceptors (Lipinski definition) is 8. The average molecular weight is 404 g/mol. The first-order chi connectivity index (χ1) is 13.9. The molecule has 2 heterocycles. The fourth-order valence-electron chi connectivity index (χ4n) is 2.85. The molecular weight excluding hydrogens is 384 g/mol. The lowest BCUT2D eigenvalue weighted by Gasteiger charge is -2.22. The van der Waals surface area contributed by atoms with Gasteiger partial charge in [-0.1, -0.05) is 13.8 Å². The van der Waals surface area contributed by atoms with E-state index >= 15 is 0 Å². The first-order valence-corrected chi connectivity index (χ1v) is 8.88. The summed E-state index contributed by atoms with van der Waals surface area (Å²) in [6.45, 7) is 3.42. The van der Waals surface area contributed by atoms with Crippen molar-refractivity contribution in [1.29, 1.82) is 0 Å². The number of carbonyl (C=O) groups excluding carboxylic acids is 2. The van der Waals surface area contributed by atoms with Gasteiger partial charge in [0.1, 0.15) is 18.4 Å². The molecule has 0 radical (unpaired) electrons. The molecule has 0 fully saturated rings. The van der Waals surface area contributed by atoms with Gasteiger partial charge >= 0.3 is 5.97 Å². The number of nitrogens with zero attached hydrogens (tertiary/aromatic N) is 1. The summed E-state index contributed by atoms with van der Waals surface area (Å²) in [5.74, 6) is -1.00. The quantitative estimate of drug-likeness (QED) is 0.423. The largest absolute Gasteiger partial charge is 0.467 e. The first-order valence-electron chi connectivity index (χ1n) is 8.88. The van der Waals surface area contributed by atoms with E-state index in [1.54, 1.807) is 19.9 Å². The lowest BCUT2D eigenvalue weighted by molar-refractivity contribution is -0.385. The van der Waals surface area contributed by atoms with Gasteiger partial charge in [0.25, 0.3) is 11.6 Å². The molecule has 0 aliphatic carbocycles. The molecule has 1 aliphatic rings.